The second kappa shape index (κ2) is 5.75. The molecule has 0 aromatic carbocycles. The van der Waals surface area contributed by atoms with Crippen molar-refractivity contribution in [1.29, 1.82) is 0 Å². The van der Waals surface area contributed by atoms with Gasteiger partial charge in [0, 0.05) is 12.1 Å². The molecule has 0 aliphatic carbocycles. The van der Waals surface area contributed by atoms with Gasteiger partial charge in [-0.25, -0.2) is 4.68 Å². The van der Waals surface area contributed by atoms with Crippen LogP contribution in [-0.2, 0) is 0 Å². The minimum absolute atomic E-state index is 0.0465. The lowest BCUT2D eigenvalue weighted by atomic mass is 10.1. The van der Waals surface area contributed by atoms with Gasteiger partial charge >= 0.3 is 0 Å². The molecule has 6 nitrogen and oxygen atoms in total. The standard InChI is InChI=1S/C15H25N5O/c1-10-4-5-11(2)19(10)15(21)14-12(3)20(18-17-14)13-6-8-16-9-7-13/h10-11,13,16H,4-9H2,1-3H3. The molecule has 6 heteroatoms. The summed E-state index contributed by atoms with van der Waals surface area (Å²) in [5.74, 6) is 0.0465. The highest BCUT2D eigenvalue weighted by molar-refractivity contribution is 5.93. The van der Waals surface area contributed by atoms with Crippen molar-refractivity contribution in [3.63, 3.8) is 0 Å². The molecule has 21 heavy (non-hydrogen) atoms. The molecule has 0 saturated carbocycles. The van der Waals surface area contributed by atoms with E-state index in [4.69, 9.17) is 0 Å². The number of hydrogen-bond donors (Lipinski definition) is 1. The largest absolute Gasteiger partial charge is 0.332 e. The van der Waals surface area contributed by atoms with Gasteiger partial charge in [0.15, 0.2) is 5.69 Å². The third-order valence-corrected chi connectivity index (χ3v) is 4.97. The summed E-state index contributed by atoms with van der Waals surface area (Å²) in [6, 6.07) is 0.973. The lowest BCUT2D eigenvalue weighted by Gasteiger charge is -2.26. The van der Waals surface area contributed by atoms with Crippen LogP contribution in [0.1, 0.15) is 61.8 Å². The van der Waals surface area contributed by atoms with Crippen LogP contribution in [0.25, 0.3) is 0 Å². The van der Waals surface area contributed by atoms with Gasteiger partial charge in [-0.2, -0.15) is 0 Å². The Bertz CT molecular complexity index is 510. The Hall–Kier alpha value is -1.43. The third kappa shape index (κ3) is 2.57. The fourth-order valence-electron chi connectivity index (χ4n) is 3.65. The lowest BCUT2D eigenvalue weighted by molar-refractivity contribution is 0.0685. The highest BCUT2D eigenvalue weighted by atomic mass is 16.2. The maximum absolute atomic E-state index is 12.8. The van der Waals surface area contributed by atoms with E-state index in [2.05, 4.69) is 29.5 Å². The topological polar surface area (TPSA) is 63.1 Å². The predicted molar refractivity (Wildman–Crippen MR) is 80.2 cm³/mol. The molecule has 2 atom stereocenters. The van der Waals surface area contributed by atoms with Gasteiger partial charge in [0.2, 0.25) is 0 Å². The maximum Gasteiger partial charge on any atom is 0.276 e. The summed E-state index contributed by atoms with van der Waals surface area (Å²) in [6.07, 6.45) is 4.26. The van der Waals surface area contributed by atoms with Gasteiger partial charge in [-0.1, -0.05) is 5.21 Å². The fraction of sp³-hybridized carbons (Fsp3) is 0.800. The van der Waals surface area contributed by atoms with Gasteiger partial charge in [-0.3, -0.25) is 4.79 Å². The Balaban J connectivity index is 1.83. The van der Waals surface area contributed by atoms with Crippen LogP contribution in [0, 0.1) is 6.92 Å². The van der Waals surface area contributed by atoms with Crippen molar-refractivity contribution >= 4 is 5.91 Å². The Morgan fingerprint density at radius 1 is 1.14 bits per heavy atom. The lowest BCUT2D eigenvalue weighted by Crippen LogP contribution is -2.39. The molecule has 1 N–H and O–H groups in total. The molecule has 2 aliphatic heterocycles. The maximum atomic E-state index is 12.8. The Morgan fingerprint density at radius 2 is 1.76 bits per heavy atom. The monoisotopic (exact) mass is 291 g/mol. The van der Waals surface area contributed by atoms with Gasteiger partial charge in [-0.15, -0.1) is 5.10 Å². The van der Waals surface area contributed by atoms with Crippen LogP contribution in [0.4, 0.5) is 0 Å². The van der Waals surface area contributed by atoms with Crippen molar-refractivity contribution in [3.05, 3.63) is 11.4 Å². The van der Waals surface area contributed by atoms with Crippen molar-refractivity contribution < 1.29 is 4.79 Å². The molecule has 2 fully saturated rings. The first-order valence-electron chi connectivity index (χ1n) is 8.04. The Labute approximate surface area is 125 Å². The number of aromatic nitrogens is 3. The van der Waals surface area contributed by atoms with Crippen molar-refractivity contribution in [3.8, 4) is 0 Å². The number of carbonyl (C=O) groups is 1. The quantitative estimate of drug-likeness (QED) is 0.897. The number of piperidine rings is 1. The molecular weight excluding hydrogens is 266 g/mol. The summed E-state index contributed by atoms with van der Waals surface area (Å²) in [6.45, 7) is 8.23. The van der Waals surface area contributed by atoms with Crippen LogP contribution in [0.3, 0.4) is 0 Å². The van der Waals surface area contributed by atoms with Gasteiger partial charge in [-0.05, 0) is 59.5 Å². The summed E-state index contributed by atoms with van der Waals surface area (Å²) < 4.78 is 1.96. The Kier molecular flexibility index (Phi) is 3.97. The van der Waals surface area contributed by atoms with E-state index in [1.54, 1.807) is 0 Å². The highest BCUT2D eigenvalue weighted by Gasteiger charge is 2.34. The number of nitrogens with one attached hydrogen (secondary N) is 1. The fourth-order valence-corrected chi connectivity index (χ4v) is 3.65. The molecule has 2 aliphatic rings. The van der Waals surface area contributed by atoms with Crippen LogP contribution in [-0.4, -0.2) is 51.0 Å². The van der Waals surface area contributed by atoms with Crippen LogP contribution in [0.15, 0.2) is 0 Å². The number of nitrogens with zero attached hydrogens (tertiary/aromatic N) is 4. The zero-order valence-electron chi connectivity index (χ0n) is 13.2. The predicted octanol–water partition coefficient (Wildman–Crippen LogP) is 1.52. The summed E-state index contributed by atoms with van der Waals surface area (Å²) in [4.78, 5) is 14.8. The molecule has 0 spiro atoms. The molecule has 1 aromatic heterocycles. The van der Waals surface area contributed by atoms with Crippen molar-refractivity contribution in [2.24, 2.45) is 0 Å². The van der Waals surface area contributed by atoms with Crippen molar-refractivity contribution in [2.45, 2.75) is 64.6 Å². The summed E-state index contributed by atoms with van der Waals surface area (Å²) in [7, 11) is 0. The van der Waals surface area contributed by atoms with Gasteiger partial charge < -0.3 is 10.2 Å². The Morgan fingerprint density at radius 3 is 2.38 bits per heavy atom. The first-order chi connectivity index (χ1) is 10.1. The SMILES string of the molecule is Cc1c(C(=O)N2C(C)CCC2C)nnn1C1CCNCC1. The first kappa shape index (κ1) is 14.5. The molecular formula is C15H25N5O. The number of rotatable bonds is 2. The molecule has 3 heterocycles. The second-order valence-corrected chi connectivity index (χ2v) is 6.44. The zero-order valence-corrected chi connectivity index (χ0v) is 13.2. The van der Waals surface area contributed by atoms with Crippen molar-refractivity contribution in [2.75, 3.05) is 13.1 Å². The summed E-state index contributed by atoms with van der Waals surface area (Å²) in [5.41, 5.74) is 1.45. The van der Waals surface area contributed by atoms with Crippen LogP contribution < -0.4 is 5.32 Å². The second-order valence-electron chi connectivity index (χ2n) is 6.44. The average Bonchev–Trinajstić information content (AvgIpc) is 3.02. The molecule has 2 saturated heterocycles. The molecule has 1 amide bonds. The minimum Gasteiger partial charge on any atom is -0.332 e. The number of likely N-dealkylation sites (tertiary alicyclic amines) is 1. The zero-order chi connectivity index (χ0) is 15.0. The third-order valence-electron chi connectivity index (χ3n) is 4.97. The van der Waals surface area contributed by atoms with Crippen LogP contribution in [0.5, 0.6) is 0 Å². The molecule has 3 rings (SSSR count). The number of hydrogen-bond acceptors (Lipinski definition) is 4. The normalized spacial score (nSPS) is 27.3. The first-order valence-corrected chi connectivity index (χ1v) is 8.04. The average molecular weight is 291 g/mol. The van der Waals surface area contributed by atoms with E-state index in [1.807, 2.05) is 16.5 Å². The van der Waals surface area contributed by atoms with Gasteiger partial charge in [0.1, 0.15) is 0 Å². The smallest absolute Gasteiger partial charge is 0.276 e. The van der Waals surface area contributed by atoms with E-state index in [0.29, 0.717) is 23.8 Å². The van der Waals surface area contributed by atoms with E-state index in [1.165, 1.54) is 0 Å². The summed E-state index contributed by atoms with van der Waals surface area (Å²) >= 11 is 0. The molecule has 0 radical (unpaired) electrons. The van der Waals surface area contributed by atoms with E-state index < -0.39 is 0 Å². The highest BCUT2D eigenvalue weighted by Crippen LogP contribution is 2.27. The molecule has 2 unspecified atom stereocenters. The number of carbonyl (C=O) groups excluding carboxylic acids is 1. The molecule has 0 bridgehead atoms. The number of amides is 1. The van der Waals surface area contributed by atoms with Crippen molar-refractivity contribution in [1.82, 2.24) is 25.2 Å². The van der Waals surface area contributed by atoms with E-state index >= 15 is 0 Å². The summed E-state index contributed by atoms with van der Waals surface area (Å²) in [5, 5.41) is 11.8. The molecule has 116 valence electrons. The van der Waals surface area contributed by atoms with Gasteiger partial charge in [0.05, 0.1) is 11.7 Å². The minimum atomic E-state index is 0.0465. The van der Waals surface area contributed by atoms with E-state index in [-0.39, 0.29) is 5.91 Å². The van der Waals surface area contributed by atoms with Gasteiger partial charge in [0.25, 0.3) is 5.91 Å². The van der Waals surface area contributed by atoms with Crippen LogP contribution in [0.2, 0.25) is 0 Å². The molecule has 1 aromatic rings. The van der Waals surface area contributed by atoms with E-state index in [9.17, 15) is 4.79 Å². The van der Waals surface area contributed by atoms with Crippen LogP contribution >= 0.6 is 0 Å². The van der Waals surface area contributed by atoms with E-state index in [0.717, 1.165) is 44.5 Å².